The van der Waals surface area contributed by atoms with Crippen molar-refractivity contribution in [3.8, 4) is 11.4 Å². The normalized spacial score (nSPS) is 16.4. The van der Waals surface area contributed by atoms with Crippen molar-refractivity contribution in [3.05, 3.63) is 78.4 Å². The first-order valence-corrected chi connectivity index (χ1v) is 9.83. The van der Waals surface area contributed by atoms with E-state index in [2.05, 4.69) is 91.7 Å². The summed E-state index contributed by atoms with van der Waals surface area (Å²) >= 11 is 0. The van der Waals surface area contributed by atoms with Gasteiger partial charge in [0.15, 0.2) is 0 Å². The third kappa shape index (κ3) is 3.16. The molecule has 0 amide bonds. The van der Waals surface area contributed by atoms with Crippen molar-refractivity contribution in [1.29, 1.82) is 0 Å². The van der Waals surface area contributed by atoms with Crippen LogP contribution in [0.15, 0.2) is 67.0 Å². The molecule has 5 rings (SSSR count). The van der Waals surface area contributed by atoms with E-state index >= 15 is 0 Å². The first-order valence-electron chi connectivity index (χ1n) is 9.83. The van der Waals surface area contributed by atoms with Gasteiger partial charge in [0.25, 0.3) is 5.65 Å². The Hall–Kier alpha value is -2.28. The Morgan fingerprint density at radius 1 is 0.793 bits per heavy atom. The Morgan fingerprint density at radius 2 is 1.34 bits per heavy atom. The Bertz CT molecular complexity index is 1090. The molecule has 0 unspecified atom stereocenters. The van der Waals surface area contributed by atoms with Crippen LogP contribution in [-0.4, -0.2) is 14.5 Å². The minimum Gasteiger partial charge on any atom is -0.211 e. The van der Waals surface area contributed by atoms with E-state index in [9.17, 15) is 0 Å². The number of rotatable bonds is 2. The van der Waals surface area contributed by atoms with Crippen molar-refractivity contribution >= 4 is 35.3 Å². The molecule has 0 aliphatic heterocycles. The van der Waals surface area contributed by atoms with Crippen LogP contribution >= 0.6 is 24.0 Å². The Balaban J connectivity index is 0.00000205. The molecular formula is C24H26IN4+. The molecule has 0 fully saturated rings. The molecule has 4 aromatic rings. The molecule has 0 saturated carbocycles. The molecule has 1 aliphatic rings. The minimum absolute atomic E-state index is 0. The lowest BCUT2D eigenvalue weighted by Gasteiger charge is -2.20. The van der Waals surface area contributed by atoms with Crippen LogP contribution in [-0.2, 0) is 10.8 Å². The molecule has 148 valence electrons. The predicted molar refractivity (Wildman–Crippen MR) is 126 cm³/mol. The third-order valence-corrected chi connectivity index (χ3v) is 5.78. The monoisotopic (exact) mass is 497 g/mol. The lowest BCUT2D eigenvalue weighted by atomic mass is 9.83. The molecule has 2 aromatic heterocycles. The maximum atomic E-state index is 5.21. The molecule has 0 atom stereocenters. The van der Waals surface area contributed by atoms with Gasteiger partial charge in [-0.2, -0.15) is 4.57 Å². The summed E-state index contributed by atoms with van der Waals surface area (Å²) in [7, 11) is 0. The lowest BCUT2D eigenvalue weighted by Crippen LogP contribution is -2.30. The van der Waals surface area contributed by atoms with Gasteiger partial charge in [-0.3, -0.25) is 0 Å². The van der Waals surface area contributed by atoms with Crippen molar-refractivity contribution in [3.63, 3.8) is 0 Å². The highest BCUT2D eigenvalue weighted by Gasteiger charge is 2.47. The largest absolute Gasteiger partial charge is 0.327 e. The van der Waals surface area contributed by atoms with Gasteiger partial charge in [-0.05, 0) is 30.7 Å². The van der Waals surface area contributed by atoms with E-state index in [1.165, 1.54) is 0 Å². The van der Waals surface area contributed by atoms with E-state index < -0.39 is 0 Å². The topological polar surface area (TPSA) is 34.6 Å². The molecule has 0 N–H and O–H groups in total. The molecule has 2 heterocycles. The first kappa shape index (κ1) is 20.0. The summed E-state index contributed by atoms with van der Waals surface area (Å²) in [6.45, 7) is 9.12. The van der Waals surface area contributed by atoms with Crippen LogP contribution in [0.1, 0.15) is 45.5 Å². The van der Waals surface area contributed by atoms with Gasteiger partial charge in [0.05, 0.1) is 5.69 Å². The fourth-order valence-corrected chi connectivity index (χ4v) is 4.74. The molecular weight excluding hydrogens is 471 g/mol. The van der Waals surface area contributed by atoms with Crippen LogP contribution < -0.4 is 4.57 Å². The minimum atomic E-state index is 0. The zero-order chi connectivity index (χ0) is 19.5. The van der Waals surface area contributed by atoms with E-state index in [-0.39, 0.29) is 34.8 Å². The van der Waals surface area contributed by atoms with Crippen molar-refractivity contribution in [2.24, 2.45) is 0 Å². The summed E-state index contributed by atoms with van der Waals surface area (Å²) in [6, 6.07) is 20.7. The average Bonchev–Trinajstić information content (AvgIpc) is 3.14. The summed E-state index contributed by atoms with van der Waals surface area (Å²) in [5, 5.41) is 0. The van der Waals surface area contributed by atoms with Crippen molar-refractivity contribution < 1.29 is 4.57 Å². The Morgan fingerprint density at radius 3 is 1.97 bits per heavy atom. The van der Waals surface area contributed by atoms with Gasteiger partial charge in [0, 0.05) is 10.8 Å². The predicted octanol–water partition coefficient (Wildman–Crippen LogP) is 5.27. The third-order valence-electron chi connectivity index (χ3n) is 5.78. The quantitative estimate of drug-likeness (QED) is 0.279. The fraction of sp³-hybridized carbons (Fsp3) is 0.292. The molecule has 0 bridgehead atoms. The smallest absolute Gasteiger partial charge is 0.211 e. The highest BCUT2D eigenvalue weighted by atomic mass is 127. The molecule has 29 heavy (non-hydrogen) atoms. The Labute approximate surface area is 188 Å². The van der Waals surface area contributed by atoms with Crippen molar-refractivity contribution in [2.75, 3.05) is 0 Å². The second-order valence-electron chi connectivity index (χ2n) is 9.04. The number of imidazole rings is 1. The van der Waals surface area contributed by atoms with Gasteiger partial charge in [0.1, 0.15) is 17.1 Å². The molecule has 2 aromatic carbocycles. The number of hydrogen-bond acceptors (Lipinski definition) is 2. The number of halogens is 1. The van der Waals surface area contributed by atoms with Crippen molar-refractivity contribution in [1.82, 2.24) is 14.5 Å². The lowest BCUT2D eigenvalue weighted by molar-refractivity contribution is -0.570. The summed E-state index contributed by atoms with van der Waals surface area (Å²) in [6.07, 6.45) is 3.16. The second-order valence-corrected chi connectivity index (χ2v) is 9.04. The highest BCUT2D eigenvalue weighted by Crippen LogP contribution is 2.47. The van der Waals surface area contributed by atoms with Crippen LogP contribution in [0.3, 0.4) is 0 Å². The second kappa shape index (κ2) is 6.90. The van der Waals surface area contributed by atoms with Crippen LogP contribution in [0.2, 0.25) is 0 Å². The van der Waals surface area contributed by atoms with E-state index in [4.69, 9.17) is 9.97 Å². The molecule has 0 spiro atoms. The zero-order valence-corrected chi connectivity index (χ0v) is 19.6. The van der Waals surface area contributed by atoms with Gasteiger partial charge in [-0.25, -0.2) is 9.55 Å². The van der Waals surface area contributed by atoms with Crippen LogP contribution in [0.4, 0.5) is 0 Å². The summed E-state index contributed by atoms with van der Waals surface area (Å²) in [5.41, 5.74) is 6.27. The van der Waals surface area contributed by atoms with Gasteiger partial charge >= 0.3 is 5.65 Å². The van der Waals surface area contributed by atoms with Crippen LogP contribution in [0, 0.1) is 0 Å². The number of aromatic nitrogens is 4. The van der Waals surface area contributed by atoms with Crippen LogP contribution in [0.25, 0.3) is 22.7 Å². The molecule has 5 heteroatoms. The fourth-order valence-electron chi connectivity index (χ4n) is 4.74. The van der Waals surface area contributed by atoms with E-state index in [1.54, 1.807) is 0 Å². The summed E-state index contributed by atoms with van der Waals surface area (Å²) < 4.78 is 4.30. The van der Waals surface area contributed by atoms with E-state index in [0.717, 1.165) is 40.5 Å². The van der Waals surface area contributed by atoms with Gasteiger partial charge in [-0.15, -0.1) is 29.0 Å². The Kier molecular flexibility index (Phi) is 4.76. The number of nitrogens with zero attached hydrogens (tertiary/aromatic N) is 4. The molecule has 4 nitrogen and oxygen atoms in total. The summed E-state index contributed by atoms with van der Waals surface area (Å²) in [5.74, 6) is 0. The van der Waals surface area contributed by atoms with E-state index in [0.29, 0.717) is 0 Å². The highest BCUT2D eigenvalue weighted by molar-refractivity contribution is 14.0. The maximum absolute atomic E-state index is 5.21. The summed E-state index contributed by atoms with van der Waals surface area (Å²) in [4.78, 5) is 10.4. The molecule has 0 saturated heterocycles. The van der Waals surface area contributed by atoms with Gasteiger partial charge in [0.2, 0.25) is 6.33 Å². The SMILES string of the molecule is CC1(C)CC(C)(C)c2nc3c(nc21)n(-c1ccccc1)c[n+]3-c1ccccc1.I. The van der Waals surface area contributed by atoms with Gasteiger partial charge in [-0.1, -0.05) is 64.1 Å². The molecule has 1 aliphatic carbocycles. The number of hydrogen-bond donors (Lipinski definition) is 0. The van der Waals surface area contributed by atoms with E-state index in [1.807, 2.05) is 12.1 Å². The number of para-hydroxylation sites is 2. The zero-order valence-electron chi connectivity index (χ0n) is 17.3. The van der Waals surface area contributed by atoms with Crippen LogP contribution in [0.5, 0.6) is 0 Å². The molecule has 0 radical (unpaired) electrons. The number of benzene rings is 2. The average molecular weight is 497 g/mol. The number of fused-ring (bicyclic) bond motifs is 2. The van der Waals surface area contributed by atoms with Crippen molar-refractivity contribution in [2.45, 2.75) is 44.9 Å². The first-order chi connectivity index (χ1) is 13.4. The van der Waals surface area contributed by atoms with Gasteiger partial charge < -0.3 is 0 Å². The standard InChI is InChI=1S/C24H25N4.HI/c1-23(2)15-24(3,4)20-19(23)25-21-22(26-20)28(18-13-9-6-10-14-18)16-27(21)17-11-7-5-8-12-17;/h5-14,16H,15H2,1-4H3;1H/q+1;. The maximum Gasteiger partial charge on any atom is 0.327 e.